The van der Waals surface area contributed by atoms with Crippen LogP contribution in [0.15, 0.2) is 18.2 Å². The molecule has 0 aliphatic carbocycles. The van der Waals surface area contributed by atoms with Crippen LogP contribution in [-0.2, 0) is 0 Å². The molecule has 0 saturated carbocycles. The Balaban J connectivity index is 2.79. The van der Waals surface area contributed by atoms with E-state index < -0.39 is 6.61 Å². The Bertz CT molecular complexity index is 305. The molecular formula is C9H9ClF2O2. The molecule has 78 valence electrons. The summed E-state index contributed by atoms with van der Waals surface area (Å²) in [5, 5.41) is 0.108. The molecule has 0 radical (unpaired) electrons. The minimum Gasteiger partial charge on any atom is -0.494 e. The monoisotopic (exact) mass is 222 g/mol. The number of benzene rings is 1. The molecule has 0 atom stereocenters. The van der Waals surface area contributed by atoms with Crippen molar-refractivity contribution in [1.29, 1.82) is 0 Å². The van der Waals surface area contributed by atoms with Gasteiger partial charge in [0.05, 0.1) is 11.6 Å². The summed E-state index contributed by atoms with van der Waals surface area (Å²) in [6.45, 7) is -0.562. The highest BCUT2D eigenvalue weighted by Gasteiger charge is 2.08. The Morgan fingerprint density at radius 3 is 2.64 bits per heavy atom. The van der Waals surface area contributed by atoms with E-state index in [2.05, 4.69) is 4.74 Å². The van der Waals surface area contributed by atoms with Crippen LogP contribution in [0, 0.1) is 0 Å². The highest BCUT2D eigenvalue weighted by atomic mass is 35.5. The van der Waals surface area contributed by atoms with Gasteiger partial charge in [0.25, 0.3) is 0 Å². The lowest BCUT2D eigenvalue weighted by atomic mass is 10.3. The molecule has 1 aromatic carbocycles. The van der Waals surface area contributed by atoms with Crippen molar-refractivity contribution in [3.8, 4) is 11.5 Å². The average molecular weight is 223 g/mol. The number of hydrogen-bond donors (Lipinski definition) is 0. The van der Waals surface area contributed by atoms with E-state index in [9.17, 15) is 8.78 Å². The van der Waals surface area contributed by atoms with Crippen LogP contribution in [0.5, 0.6) is 11.5 Å². The number of hydrogen-bond acceptors (Lipinski definition) is 2. The zero-order valence-electron chi connectivity index (χ0n) is 7.47. The van der Waals surface area contributed by atoms with E-state index in [0.29, 0.717) is 12.4 Å². The zero-order valence-corrected chi connectivity index (χ0v) is 8.22. The highest BCUT2D eigenvalue weighted by molar-refractivity contribution is 6.32. The van der Waals surface area contributed by atoms with Crippen molar-refractivity contribution in [2.24, 2.45) is 0 Å². The second-order valence-electron chi connectivity index (χ2n) is 2.40. The third kappa shape index (κ3) is 3.03. The van der Waals surface area contributed by atoms with E-state index in [1.54, 1.807) is 0 Å². The molecule has 14 heavy (non-hydrogen) atoms. The summed E-state index contributed by atoms with van der Waals surface area (Å²) < 4.78 is 33.0. The van der Waals surface area contributed by atoms with Crippen LogP contribution in [0.25, 0.3) is 0 Å². The maximum absolute atomic E-state index is 11.8. The molecule has 0 spiro atoms. The first-order valence-corrected chi connectivity index (χ1v) is 4.38. The summed E-state index contributed by atoms with van der Waals surface area (Å²) >= 11 is 5.67. The minimum atomic E-state index is -2.87. The predicted octanol–water partition coefficient (Wildman–Crippen LogP) is 3.34. The molecule has 0 bridgehead atoms. The Hall–Kier alpha value is -1.03. The first-order chi connectivity index (χ1) is 6.63. The molecule has 0 aromatic heterocycles. The second kappa shape index (κ2) is 5.00. The molecule has 0 heterocycles. The van der Waals surface area contributed by atoms with Crippen LogP contribution in [0.3, 0.4) is 0 Å². The van der Waals surface area contributed by atoms with Gasteiger partial charge in [-0.1, -0.05) is 11.6 Å². The van der Waals surface area contributed by atoms with Crippen LogP contribution >= 0.6 is 11.6 Å². The van der Waals surface area contributed by atoms with Gasteiger partial charge in [-0.15, -0.1) is 0 Å². The van der Waals surface area contributed by atoms with Gasteiger partial charge in [0.2, 0.25) is 0 Å². The largest absolute Gasteiger partial charge is 0.494 e. The molecule has 2 nitrogen and oxygen atoms in total. The van der Waals surface area contributed by atoms with Gasteiger partial charge in [-0.05, 0) is 19.1 Å². The fourth-order valence-corrected chi connectivity index (χ4v) is 1.14. The van der Waals surface area contributed by atoms with Crippen LogP contribution in [0.2, 0.25) is 5.02 Å². The SMILES string of the molecule is CCOc1ccc(OC(F)F)c(Cl)c1. The van der Waals surface area contributed by atoms with Crippen LogP contribution in [0.1, 0.15) is 6.92 Å². The Kier molecular flexibility index (Phi) is 3.95. The van der Waals surface area contributed by atoms with Crippen molar-refractivity contribution in [2.75, 3.05) is 6.61 Å². The first-order valence-electron chi connectivity index (χ1n) is 4.00. The van der Waals surface area contributed by atoms with Gasteiger partial charge >= 0.3 is 6.61 Å². The summed E-state index contributed by atoms with van der Waals surface area (Å²) in [6, 6.07) is 4.30. The summed E-state index contributed by atoms with van der Waals surface area (Å²) in [6.07, 6.45) is 0. The molecule has 0 aliphatic rings. The maximum atomic E-state index is 11.8. The molecule has 0 N–H and O–H groups in total. The van der Waals surface area contributed by atoms with E-state index in [4.69, 9.17) is 16.3 Å². The van der Waals surface area contributed by atoms with E-state index in [0.717, 1.165) is 0 Å². The molecular weight excluding hydrogens is 214 g/mol. The lowest BCUT2D eigenvalue weighted by Crippen LogP contribution is -2.02. The van der Waals surface area contributed by atoms with Gasteiger partial charge in [0, 0.05) is 6.07 Å². The second-order valence-corrected chi connectivity index (χ2v) is 2.81. The van der Waals surface area contributed by atoms with Crippen LogP contribution in [-0.4, -0.2) is 13.2 Å². The van der Waals surface area contributed by atoms with Crippen molar-refractivity contribution in [2.45, 2.75) is 13.5 Å². The quantitative estimate of drug-likeness (QED) is 0.778. The number of ether oxygens (including phenoxy) is 2. The molecule has 5 heteroatoms. The van der Waals surface area contributed by atoms with Gasteiger partial charge in [-0.25, -0.2) is 0 Å². The van der Waals surface area contributed by atoms with Gasteiger partial charge < -0.3 is 9.47 Å². The molecule has 0 aliphatic heterocycles. The normalized spacial score (nSPS) is 10.4. The van der Waals surface area contributed by atoms with Gasteiger partial charge in [0.1, 0.15) is 11.5 Å². The zero-order chi connectivity index (χ0) is 10.6. The van der Waals surface area contributed by atoms with Crippen molar-refractivity contribution >= 4 is 11.6 Å². The molecule has 0 amide bonds. The third-order valence-electron chi connectivity index (χ3n) is 1.43. The van der Waals surface area contributed by atoms with Crippen molar-refractivity contribution < 1.29 is 18.3 Å². The van der Waals surface area contributed by atoms with Gasteiger partial charge in [-0.2, -0.15) is 8.78 Å². The van der Waals surface area contributed by atoms with Gasteiger partial charge in [-0.3, -0.25) is 0 Å². The van der Waals surface area contributed by atoms with Gasteiger partial charge in [0.15, 0.2) is 0 Å². The van der Waals surface area contributed by atoms with E-state index in [1.807, 2.05) is 6.92 Å². The minimum absolute atomic E-state index is 0.0508. The third-order valence-corrected chi connectivity index (χ3v) is 1.73. The fourth-order valence-electron chi connectivity index (χ4n) is 0.930. The summed E-state index contributed by atoms with van der Waals surface area (Å²) in [5.74, 6) is 0.476. The lowest BCUT2D eigenvalue weighted by Gasteiger charge is -2.08. The van der Waals surface area contributed by atoms with E-state index in [1.165, 1.54) is 18.2 Å². The Morgan fingerprint density at radius 2 is 2.14 bits per heavy atom. The average Bonchev–Trinajstić information content (AvgIpc) is 2.10. The summed E-state index contributed by atoms with van der Waals surface area (Å²) in [7, 11) is 0. The first kappa shape index (κ1) is 11.0. The predicted molar refractivity (Wildman–Crippen MR) is 49.3 cm³/mol. The van der Waals surface area contributed by atoms with Crippen molar-refractivity contribution in [3.05, 3.63) is 23.2 Å². The summed E-state index contributed by atoms with van der Waals surface area (Å²) in [5.41, 5.74) is 0. The topological polar surface area (TPSA) is 18.5 Å². The van der Waals surface area contributed by atoms with Crippen molar-refractivity contribution in [3.63, 3.8) is 0 Å². The number of halogens is 3. The van der Waals surface area contributed by atoms with E-state index in [-0.39, 0.29) is 10.8 Å². The fraction of sp³-hybridized carbons (Fsp3) is 0.333. The van der Waals surface area contributed by atoms with E-state index >= 15 is 0 Å². The molecule has 1 rings (SSSR count). The Morgan fingerprint density at radius 1 is 1.43 bits per heavy atom. The number of alkyl halides is 2. The molecule has 0 saturated heterocycles. The lowest BCUT2D eigenvalue weighted by molar-refractivity contribution is -0.0498. The standard InChI is InChI=1S/C9H9ClF2O2/c1-2-13-6-3-4-8(7(10)5-6)14-9(11)12/h3-5,9H,2H2,1H3. The van der Waals surface area contributed by atoms with Crippen LogP contribution in [0.4, 0.5) is 8.78 Å². The van der Waals surface area contributed by atoms with Crippen LogP contribution < -0.4 is 9.47 Å². The smallest absolute Gasteiger partial charge is 0.387 e. The molecule has 1 aromatic rings. The summed E-state index contributed by atoms with van der Waals surface area (Å²) in [4.78, 5) is 0. The molecule has 0 unspecified atom stereocenters. The molecule has 0 fully saturated rings. The highest BCUT2D eigenvalue weighted by Crippen LogP contribution is 2.29. The Labute approximate surface area is 85.4 Å². The maximum Gasteiger partial charge on any atom is 0.387 e. The number of rotatable bonds is 4. The van der Waals surface area contributed by atoms with Crippen molar-refractivity contribution in [1.82, 2.24) is 0 Å².